The highest BCUT2D eigenvalue weighted by molar-refractivity contribution is 5.78. The molecule has 0 unspecified atom stereocenters. The lowest BCUT2D eigenvalue weighted by Gasteiger charge is -2.08. The molecule has 0 aliphatic heterocycles. The Morgan fingerprint density at radius 1 is 1.29 bits per heavy atom. The molecule has 4 nitrogen and oxygen atoms in total. The minimum absolute atomic E-state index is 0.334. The standard InChI is InChI=1S/C13H22N4/c1-11(2)17-13(14)16-10-6-9-15-12-7-4-3-5-8-12/h3-5,7-8,11,15H,6,9-10H2,1-2H3,(H3,14,16,17). The highest BCUT2D eigenvalue weighted by atomic mass is 15.1. The van der Waals surface area contributed by atoms with Gasteiger partial charge in [0.25, 0.3) is 0 Å². The first-order chi connectivity index (χ1) is 8.18. The molecule has 17 heavy (non-hydrogen) atoms. The average molecular weight is 234 g/mol. The number of hydrogen-bond acceptors (Lipinski definition) is 2. The third-order valence-electron chi connectivity index (χ3n) is 2.16. The zero-order chi connectivity index (χ0) is 12.5. The number of nitrogens with two attached hydrogens (primary N) is 1. The lowest BCUT2D eigenvalue weighted by atomic mass is 10.3. The van der Waals surface area contributed by atoms with Crippen LogP contribution in [0, 0.1) is 0 Å². The molecule has 0 aliphatic rings. The van der Waals surface area contributed by atoms with Gasteiger partial charge in [0.2, 0.25) is 0 Å². The van der Waals surface area contributed by atoms with Crippen LogP contribution in [0.4, 0.5) is 5.69 Å². The Bertz CT molecular complexity index is 333. The Labute approximate surface area is 103 Å². The molecule has 4 N–H and O–H groups in total. The van der Waals surface area contributed by atoms with Gasteiger partial charge in [0, 0.05) is 24.8 Å². The number of nitrogens with one attached hydrogen (secondary N) is 2. The summed E-state index contributed by atoms with van der Waals surface area (Å²) in [6.07, 6.45) is 0.968. The number of nitrogens with zero attached hydrogens (tertiary/aromatic N) is 1. The topological polar surface area (TPSA) is 62.4 Å². The molecule has 0 heterocycles. The van der Waals surface area contributed by atoms with Gasteiger partial charge >= 0.3 is 0 Å². The summed E-state index contributed by atoms with van der Waals surface area (Å²) in [6.45, 7) is 5.73. The smallest absolute Gasteiger partial charge is 0.188 e. The molecule has 0 aliphatic carbocycles. The van der Waals surface area contributed by atoms with E-state index in [0.717, 1.165) is 25.2 Å². The van der Waals surface area contributed by atoms with Crippen molar-refractivity contribution in [2.45, 2.75) is 26.3 Å². The monoisotopic (exact) mass is 234 g/mol. The van der Waals surface area contributed by atoms with Crippen LogP contribution in [0.3, 0.4) is 0 Å². The van der Waals surface area contributed by atoms with Gasteiger partial charge in [-0.25, -0.2) is 0 Å². The molecule has 0 amide bonds. The van der Waals surface area contributed by atoms with Crippen molar-refractivity contribution >= 4 is 11.6 Å². The van der Waals surface area contributed by atoms with Gasteiger partial charge in [-0.15, -0.1) is 0 Å². The second kappa shape index (κ2) is 7.54. The molecule has 1 aromatic rings. The van der Waals surface area contributed by atoms with E-state index in [1.54, 1.807) is 0 Å². The summed E-state index contributed by atoms with van der Waals surface area (Å²) < 4.78 is 0. The van der Waals surface area contributed by atoms with E-state index in [4.69, 9.17) is 5.73 Å². The Hall–Kier alpha value is -1.71. The molecule has 0 bridgehead atoms. The molecule has 94 valence electrons. The fraction of sp³-hybridized carbons (Fsp3) is 0.462. The highest BCUT2D eigenvalue weighted by Crippen LogP contribution is 2.04. The van der Waals surface area contributed by atoms with Crippen molar-refractivity contribution < 1.29 is 0 Å². The van der Waals surface area contributed by atoms with Crippen LogP contribution in [0.25, 0.3) is 0 Å². The summed E-state index contributed by atoms with van der Waals surface area (Å²) in [6, 6.07) is 10.5. The van der Waals surface area contributed by atoms with Crippen molar-refractivity contribution in [3.63, 3.8) is 0 Å². The Morgan fingerprint density at radius 2 is 2.00 bits per heavy atom. The molecular formula is C13H22N4. The summed E-state index contributed by atoms with van der Waals surface area (Å²) in [4.78, 5) is 4.24. The van der Waals surface area contributed by atoms with Crippen molar-refractivity contribution in [2.75, 3.05) is 18.4 Å². The van der Waals surface area contributed by atoms with Gasteiger partial charge in [-0.05, 0) is 32.4 Å². The Kier molecular flexibility index (Phi) is 5.93. The van der Waals surface area contributed by atoms with Crippen molar-refractivity contribution in [3.8, 4) is 0 Å². The van der Waals surface area contributed by atoms with Gasteiger partial charge in [-0.1, -0.05) is 18.2 Å². The Balaban J connectivity index is 2.12. The quantitative estimate of drug-likeness (QED) is 0.399. The number of rotatable bonds is 6. The third-order valence-corrected chi connectivity index (χ3v) is 2.16. The molecular weight excluding hydrogens is 212 g/mol. The molecule has 0 atom stereocenters. The second-order valence-corrected chi connectivity index (χ2v) is 4.21. The zero-order valence-corrected chi connectivity index (χ0v) is 10.6. The van der Waals surface area contributed by atoms with E-state index in [9.17, 15) is 0 Å². The van der Waals surface area contributed by atoms with E-state index >= 15 is 0 Å². The second-order valence-electron chi connectivity index (χ2n) is 4.21. The first-order valence-corrected chi connectivity index (χ1v) is 6.04. The van der Waals surface area contributed by atoms with Gasteiger partial charge in [-0.3, -0.25) is 4.99 Å². The normalized spacial score (nSPS) is 11.6. The van der Waals surface area contributed by atoms with Crippen molar-refractivity contribution in [1.29, 1.82) is 0 Å². The maximum atomic E-state index is 5.69. The SMILES string of the molecule is CC(C)NC(N)=NCCCNc1ccccc1. The van der Waals surface area contributed by atoms with E-state index < -0.39 is 0 Å². The van der Waals surface area contributed by atoms with Crippen LogP contribution in [0.2, 0.25) is 0 Å². The van der Waals surface area contributed by atoms with Crippen molar-refractivity contribution in [2.24, 2.45) is 10.7 Å². The van der Waals surface area contributed by atoms with Crippen LogP contribution in [0.1, 0.15) is 20.3 Å². The van der Waals surface area contributed by atoms with E-state index in [2.05, 4.69) is 27.8 Å². The van der Waals surface area contributed by atoms with E-state index in [-0.39, 0.29) is 0 Å². The first kappa shape index (κ1) is 13.4. The molecule has 0 fully saturated rings. The number of hydrogen-bond donors (Lipinski definition) is 3. The van der Waals surface area contributed by atoms with Crippen LogP contribution in [0.15, 0.2) is 35.3 Å². The molecule has 0 spiro atoms. The fourth-order valence-electron chi connectivity index (χ4n) is 1.41. The van der Waals surface area contributed by atoms with Gasteiger partial charge in [-0.2, -0.15) is 0 Å². The van der Waals surface area contributed by atoms with Crippen LogP contribution >= 0.6 is 0 Å². The molecule has 0 radical (unpaired) electrons. The van der Waals surface area contributed by atoms with Crippen LogP contribution in [-0.4, -0.2) is 25.1 Å². The summed E-state index contributed by atoms with van der Waals surface area (Å²) in [5.74, 6) is 0.528. The van der Waals surface area contributed by atoms with Crippen molar-refractivity contribution in [3.05, 3.63) is 30.3 Å². The fourth-order valence-corrected chi connectivity index (χ4v) is 1.41. The lowest BCUT2D eigenvalue weighted by molar-refractivity contribution is 0.721. The first-order valence-electron chi connectivity index (χ1n) is 6.04. The minimum Gasteiger partial charge on any atom is -0.385 e. The van der Waals surface area contributed by atoms with Crippen LogP contribution < -0.4 is 16.4 Å². The number of aliphatic imine (C=N–C) groups is 1. The highest BCUT2D eigenvalue weighted by Gasteiger charge is 1.94. The molecule has 0 aromatic heterocycles. The predicted octanol–water partition coefficient (Wildman–Crippen LogP) is 1.80. The predicted molar refractivity (Wildman–Crippen MR) is 74.3 cm³/mol. The number of benzene rings is 1. The molecule has 0 saturated carbocycles. The molecule has 4 heteroatoms. The van der Waals surface area contributed by atoms with E-state index in [1.165, 1.54) is 0 Å². The maximum absolute atomic E-state index is 5.69. The van der Waals surface area contributed by atoms with E-state index in [0.29, 0.717) is 12.0 Å². The number of anilines is 1. The minimum atomic E-state index is 0.334. The Morgan fingerprint density at radius 3 is 2.65 bits per heavy atom. The number of para-hydroxylation sites is 1. The molecule has 1 aromatic carbocycles. The zero-order valence-electron chi connectivity index (χ0n) is 10.6. The van der Waals surface area contributed by atoms with E-state index in [1.807, 2.05) is 32.0 Å². The summed E-state index contributed by atoms with van der Waals surface area (Å²) in [5.41, 5.74) is 6.83. The largest absolute Gasteiger partial charge is 0.385 e. The summed E-state index contributed by atoms with van der Waals surface area (Å²) >= 11 is 0. The molecule has 0 saturated heterocycles. The number of guanidine groups is 1. The summed E-state index contributed by atoms with van der Waals surface area (Å²) in [5, 5.41) is 6.39. The van der Waals surface area contributed by atoms with Crippen LogP contribution in [-0.2, 0) is 0 Å². The molecule has 1 rings (SSSR count). The maximum Gasteiger partial charge on any atom is 0.188 e. The van der Waals surface area contributed by atoms with Gasteiger partial charge in [0.1, 0.15) is 0 Å². The van der Waals surface area contributed by atoms with Gasteiger partial charge in [0.05, 0.1) is 0 Å². The van der Waals surface area contributed by atoms with Gasteiger partial charge < -0.3 is 16.4 Å². The summed E-state index contributed by atoms with van der Waals surface area (Å²) in [7, 11) is 0. The third kappa shape index (κ3) is 6.45. The van der Waals surface area contributed by atoms with Crippen molar-refractivity contribution in [1.82, 2.24) is 5.32 Å². The van der Waals surface area contributed by atoms with Gasteiger partial charge in [0.15, 0.2) is 5.96 Å². The average Bonchev–Trinajstić information content (AvgIpc) is 2.29. The lowest BCUT2D eigenvalue weighted by Crippen LogP contribution is -2.36. The van der Waals surface area contributed by atoms with Crippen LogP contribution in [0.5, 0.6) is 0 Å².